The molecular formula is C10H11N5OS. The molecule has 6 nitrogen and oxygen atoms in total. The molecule has 2 heterocycles. The smallest absolute Gasteiger partial charge is 0.229 e. The van der Waals surface area contributed by atoms with Crippen LogP contribution in [0.2, 0.25) is 0 Å². The molecule has 88 valence electrons. The average molecular weight is 249 g/mol. The molecule has 17 heavy (non-hydrogen) atoms. The molecule has 1 fully saturated rings. The Hall–Kier alpha value is -1.76. The maximum atomic E-state index is 11.5. The van der Waals surface area contributed by atoms with Gasteiger partial charge in [-0.25, -0.2) is 0 Å². The summed E-state index contributed by atoms with van der Waals surface area (Å²) in [6.45, 7) is 1.92. The van der Waals surface area contributed by atoms with E-state index in [0.717, 1.165) is 29.1 Å². The van der Waals surface area contributed by atoms with Crippen LogP contribution >= 0.6 is 11.3 Å². The molecule has 2 aromatic heterocycles. The predicted molar refractivity (Wildman–Crippen MR) is 63.6 cm³/mol. The molecule has 2 aromatic rings. The molecule has 0 saturated heterocycles. The van der Waals surface area contributed by atoms with Gasteiger partial charge in [0.25, 0.3) is 0 Å². The van der Waals surface area contributed by atoms with Crippen molar-refractivity contribution in [3.05, 3.63) is 11.9 Å². The lowest BCUT2D eigenvalue weighted by atomic mass is 10.3. The zero-order chi connectivity index (χ0) is 11.8. The highest BCUT2D eigenvalue weighted by molar-refractivity contribution is 7.18. The highest BCUT2D eigenvalue weighted by atomic mass is 32.1. The quantitative estimate of drug-likeness (QED) is 0.865. The van der Waals surface area contributed by atoms with Crippen molar-refractivity contribution in [3.8, 4) is 10.6 Å². The number of carbonyl (C=O) groups is 1. The topological polar surface area (TPSA) is 83.6 Å². The number of anilines is 1. The molecule has 0 spiro atoms. The van der Waals surface area contributed by atoms with E-state index in [1.54, 1.807) is 6.20 Å². The summed E-state index contributed by atoms with van der Waals surface area (Å²) in [6, 6.07) is 0. The minimum absolute atomic E-state index is 0.0524. The molecule has 1 amide bonds. The fraction of sp³-hybridized carbons (Fsp3) is 0.400. The summed E-state index contributed by atoms with van der Waals surface area (Å²) in [5.41, 5.74) is 1.87. The number of aromatic nitrogens is 4. The van der Waals surface area contributed by atoms with Crippen molar-refractivity contribution in [2.75, 3.05) is 5.32 Å². The summed E-state index contributed by atoms with van der Waals surface area (Å²) < 4.78 is 0. The van der Waals surface area contributed by atoms with E-state index < -0.39 is 0 Å². The summed E-state index contributed by atoms with van der Waals surface area (Å²) in [4.78, 5) is 11.5. The molecule has 0 radical (unpaired) electrons. The first-order valence-corrected chi connectivity index (χ1v) is 6.20. The fourth-order valence-corrected chi connectivity index (χ4v) is 2.32. The van der Waals surface area contributed by atoms with E-state index in [-0.39, 0.29) is 11.8 Å². The van der Waals surface area contributed by atoms with Gasteiger partial charge in [0.2, 0.25) is 11.0 Å². The summed E-state index contributed by atoms with van der Waals surface area (Å²) in [7, 11) is 0. The van der Waals surface area contributed by atoms with Gasteiger partial charge in [-0.3, -0.25) is 9.89 Å². The number of nitrogens with one attached hydrogen (secondary N) is 2. The van der Waals surface area contributed by atoms with Crippen molar-refractivity contribution >= 4 is 22.4 Å². The minimum Gasteiger partial charge on any atom is -0.300 e. The Kier molecular flexibility index (Phi) is 2.40. The van der Waals surface area contributed by atoms with Crippen molar-refractivity contribution in [2.45, 2.75) is 19.8 Å². The van der Waals surface area contributed by atoms with Crippen molar-refractivity contribution in [1.29, 1.82) is 0 Å². The van der Waals surface area contributed by atoms with Crippen molar-refractivity contribution in [3.63, 3.8) is 0 Å². The first kappa shape index (κ1) is 10.4. The number of hydrogen-bond donors (Lipinski definition) is 2. The van der Waals surface area contributed by atoms with Gasteiger partial charge in [0.1, 0.15) is 0 Å². The maximum absolute atomic E-state index is 11.5. The maximum Gasteiger partial charge on any atom is 0.229 e. The normalized spacial score (nSPS) is 14.9. The summed E-state index contributed by atoms with van der Waals surface area (Å²) in [5.74, 6) is 0.231. The molecule has 0 aliphatic heterocycles. The SMILES string of the molecule is Cc1[nH]ncc1-c1nnc(NC(=O)C2CC2)s1. The van der Waals surface area contributed by atoms with Gasteiger partial charge in [0.05, 0.1) is 11.8 Å². The third-order valence-corrected chi connectivity index (χ3v) is 3.54. The molecule has 0 unspecified atom stereocenters. The van der Waals surface area contributed by atoms with Crippen LogP contribution in [0.1, 0.15) is 18.5 Å². The number of rotatable bonds is 3. The Bertz CT molecular complexity index is 557. The number of H-pyrrole nitrogens is 1. The third kappa shape index (κ3) is 2.05. The fourth-order valence-electron chi connectivity index (χ4n) is 1.50. The van der Waals surface area contributed by atoms with Gasteiger partial charge >= 0.3 is 0 Å². The molecule has 1 aliphatic carbocycles. The number of nitrogens with zero attached hydrogens (tertiary/aromatic N) is 3. The van der Waals surface area contributed by atoms with Crippen LogP contribution in [0.5, 0.6) is 0 Å². The van der Waals surface area contributed by atoms with Crippen LogP contribution < -0.4 is 5.32 Å². The van der Waals surface area contributed by atoms with Crippen LogP contribution in [-0.4, -0.2) is 26.3 Å². The number of aryl methyl sites for hydroxylation is 1. The Morgan fingerprint density at radius 1 is 1.53 bits per heavy atom. The zero-order valence-electron chi connectivity index (χ0n) is 9.23. The molecule has 3 rings (SSSR count). The second-order valence-electron chi connectivity index (χ2n) is 4.08. The van der Waals surface area contributed by atoms with E-state index in [9.17, 15) is 4.79 Å². The van der Waals surface area contributed by atoms with Crippen molar-refractivity contribution in [2.24, 2.45) is 5.92 Å². The lowest BCUT2D eigenvalue weighted by Crippen LogP contribution is -2.12. The number of aromatic amines is 1. The van der Waals surface area contributed by atoms with Crippen LogP contribution in [0.25, 0.3) is 10.6 Å². The molecule has 7 heteroatoms. The van der Waals surface area contributed by atoms with Gasteiger partial charge < -0.3 is 5.32 Å². The van der Waals surface area contributed by atoms with Gasteiger partial charge in [0.15, 0.2) is 5.01 Å². The monoisotopic (exact) mass is 249 g/mol. The summed E-state index contributed by atoms with van der Waals surface area (Å²) in [5, 5.41) is 18.9. The number of hydrogen-bond acceptors (Lipinski definition) is 5. The molecule has 0 atom stereocenters. The van der Waals surface area contributed by atoms with Crippen LogP contribution in [0.4, 0.5) is 5.13 Å². The Morgan fingerprint density at radius 2 is 2.35 bits per heavy atom. The van der Waals surface area contributed by atoms with Crippen LogP contribution in [0, 0.1) is 12.8 Å². The summed E-state index contributed by atoms with van der Waals surface area (Å²) in [6.07, 6.45) is 3.68. The van der Waals surface area contributed by atoms with Gasteiger partial charge in [0, 0.05) is 11.6 Å². The Morgan fingerprint density at radius 3 is 3.00 bits per heavy atom. The third-order valence-electron chi connectivity index (χ3n) is 2.66. The Balaban J connectivity index is 1.78. The molecule has 0 bridgehead atoms. The van der Waals surface area contributed by atoms with Crippen LogP contribution in [0.15, 0.2) is 6.20 Å². The van der Waals surface area contributed by atoms with Gasteiger partial charge in [-0.2, -0.15) is 5.10 Å². The van der Waals surface area contributed by atoms with Gasteiger partial charge in [-0.1, -0.05) is 11.3 Å². The second-order valence-corrected chi connectivity index (χ2v) is 5.06. The first-order chi connectivity index (χ1) is 8.24. The highest BCUT2D eigenvalue weighted by Gasteiger charge is 2.30. The standard InChI is InChI=1S/C10H11N5OS/c1-5-7(4-11-13-5)9-14-15-10(17-9)12-8(16)6-2-3-6/h4,6H,2-3H2,1H3,(H,11,13)(H,12,15,16). The van der Waals surface area contributed by atoms with E-state index in [1.165, 1.54) is 11.3 Å². The molecule has 0 aromatic carbocycles. The van der Waals surface area contributed by atoms with E-state index in [0.29, 0.717) is 5.13 Å². The predicted octanol–water partition coefficient (Wildman–Crippen LogP) is 1.59. The van der Waals surface area contributed by atoms with Crippen molar-refractivity contribution < 1.29 is 4.79 Å². The van der Waals surface area contributed by atoms with E-state index in [1.807, 2.05) is 6.92 Å². The lowest BCUT2D eigenvalue weighted by Gasteiger charge is -1.96. The van der Waals surface area contributed by atoms with Crippen LogP contribution in [-0.2, 0) is 4.79 Å². The number of carbonyl (C=O) groups excluding carboxylic acids is 1. The molecule has 1 saturated carbocycles. The average Bonchev–Trinajstić information content (AvgIpc) is 2.93. The lowest BCUT2D eigenvalue weighted by molar-refractivity contribution is -0.117. The van der Waals surface area contributed by atoms with E-state index >= 15 is 0 Å². The molecule has 1 aliphatic rings. The molecular weight excluding hydrogens is 238 g/mol. The minimum atomic E-state index is 0.0524. The van der Waals surface area contributed by atoms with E-state index in [2.05, 4.69) is 25.7 Å². The first-order valence-electron chi connectivity index (χ1n) is 5.39. The van der Waals surface area contributed by atoms with E-state index in [4.69, 9.17) is 0 Å². The number of amides is 1. The summed E-state index contributed by atoms with van der Waals surface area (Å²) >= 11 is 1.36. The largest absolute Gasteiger partial charge is 0.300 e. The Labute approximate surface area is 101 Å². The highest BCUT2D eigenvalue weighted by Crippen LogP contribution is 2.32. The zero-order valence-corrected chi connectivity index (χ0v) is 10.0. The van der Waals surface area contributed by atoms with Crippen LogP contribution in [0.3, 0.4) is 0 Å². The van der Waals surface area contributed by atoms with Gasteiger partial charge in [-0.05, 0) is 19.8 Å². The van der Waals surface area contributed by atoms with Gasteiger partial charge in [-0.15, -0.1) is 10.2 Å². The molecule has 2 N–H and O–H groups in total. The van der Waals surface area contributed by atoms with Crippen molar-refractivity contribution in [1.82, 2.24) is 20.4 Å². The second kappa shape index (κ2) is 3.92.